The van der Waals surface area contributed by atoms with Gasteiger partial charge in [-0.05, 0) is 86.5 Å². The Balaban J connectivity index is 0.761. The number of methoxy groups -OCH3 is 1. The molecule has 5 amide bonds. The Morgan fingerprint density at radius 3 is 2.32 bits per heavy atom. The molecule has 0 saturated carbocycles. The van der Waals surface area contributed by atoms with Crippen molar-refractivity contribution in [1.82, 2.24) is 44.7 Å². The van der Waals surface area contributed by atoms with Crippen molar-refractivity contribution in [3.8, 4) is 34.7 Å². The van der Waals surface area contributed by atoms with Gasteiger partial charge in [0.25, 0.3) is 11.8 Å². The Labute approximate surface area is 483 Å². The highest BCUT2D eigenvalue weighted by Gasteiger charge is 2.46. The quantitative estimate of drug-likeness (QED) is 0.0780. The molecule has 24 heteroatoms. The third kappa shape index (κ3) is 13.2. The van der Waals surface area contributed by atoms with Crippen LogP contribution >= 0.6 is 23.2 Å². The van der Waals surface area contributed by atoms with Crippen molar-refractivity contribution < 1.29 is 47.3 Å². The normalized spacial score (nSPS) is 17.1. The van der Waals surface area contributed by atoms with E-state index >= 15 is 4.79 Å². The average molecular weight is 1160 g/mol. The first-order valence-corrected chi connectivity index (χ1v) is 27.3. The molecule has 21 nitrogen and oxygen atoms in total. The van der Waals surface area contributed by atoms with Gasteiger partial charge >= 0.3 is 6.03 Å². The number of benzene rings is 4. The van der Waals surface area contributed by atoms with E-state index in [1.54, 1.807) is 67.3 Å². The van der Waals surface area contributed by atoms with Crippen molar-refractivity contribution >= 4 is 58.6 Å². The molecule has 2 aromatic heterocycles. The van der Waals surface area contributed by atoms with Crippen molar-refractivity contribution in [2.75, 3.05) is 79.0 Å². The Hall–Kier alpha value is -8.36. The van der Waals surface area contributed by atoms with Gasteiger partial charge in [-0.25, -0.2) is 19.2 Å². The standard InChI is InChI=1S/C58H61Cl2FN12O9/c1-34(2)81-48-29-41(78-5)15-17-43(48)55-67-52(36-6-10-38(59)11-7-36)53(37-8-12-39(60)13-9-37)73(55)58(77)71-22-21-70(50(75)33-71)23-25-80-27-26-79-24-18-49(74)64-19-20-72-47(30-62)51-45-31-65-54(63)56(66-45)82-35(3)44-28-40(61)14-16-42(44)57(76)69(4)32-46(51)68-72/h6-17,28-29,31,34-35,52-53H,18-27,32-33H2,1-5H3,(H2,63,65)(H,64,74)/t35-,52-,53+/m1/s1. The second-order valence-corrected chi connectivity index (χ2v) is 20.7. The van der Waals surface area contributed by atoms with E-state index < -0.39 is 35.9 Å². The Kier molecular flexibility index (Phi) is 18.5. The van der Waals surface area contributed by atoms with Gasteiger partial charge in [-0.3, -0.25) is 29.0 Å². The number of nitrogens with zero attached hydrogens (tertiary/aromatic N) is 10. The molecular formula is C58H61Cl2FN12O9. The SMILES string of the molecule is COc1ccc(C2=N[C@H](c3ccc(Cl)cc3)[C@H](c3ccc(Cl)cc3)N2C(=O)N2CCN(CCOCCOCCC(=O)NCCn3nc4c(c3C#N)-c3cnc(N)c(n3)O[C@H](C)c3cc(F)ccc3C(=O)N(C)C4)C(=O)C2)c(OC(C)C)c1. The number of carbonyl (C=O) groups is 4. The number of nitrogens with two attached hydrogens (primary N) is 1. The molecule has 3 aliphatic rings. The van der Waals surface area contributed by atoms with Crippen LogP contribution in [0.25, 0.3) is 11.3 Å². The lowest BCUT2D eigenvalue weighted by Crippen LogP contribution is -2.56. The highest BCUT2D eigenvalue weighted by molar-refractivity contribution is 6.30. The molecule has 428 valence electrons. The monoisotopic (exact) mass is 1160 g/mol. The summed E-state index contributed by atoms with van der Waals surface area (Å²) >= 11 is 12.7. The highest BCUT2D eigenvalue weighted by atomic mass is 35.5. The number of urea groups is 1. The maximum atomic E-state index is 15.1. The lowest BCUT2D eigenvalue weighted by molar-refractivity contribution is -0.135. The lowest BCUT2D eigenvalue weighted by Gasteiger charge is -2.38. The number of rotatable bonds is 18. The van der Waals surface area contributed by atoms with Gasteiger partial charge in [0.05, 0.1) is 87.5 Å². The summed E-state index contributed by atoms with van der Waals surface area (Å²) < 4.78 is 45.2. The lowest BCUT2D eigenvalue weighted by atomic mass is 9.93. The number of piperazine rings is 1. The summed E-state index contributed by atoms with van der Waals surface area (Å²) in [5.41, 5.74) is 9.76. The van der Waals surface area contributed by atoms with Gasteiger partial charge < -0.3 is 49.4 Å². The molecule has 6 aromatic rings. The number of hydrogen-bond acceptors (Lipinski definition) is 15. The largest absolute Gasteiger partial charge is 0.497 e. The molecule has 3 aliphatic heterocycles. The first-order chi connectivity index (χ1) is 39.5. The number of aromatic nitrogens is 4. The number of ether oxygens (including phenoxy) is 5. The van der Waals surface area contributed by atoms with Crippen molar-refractivity contribution in [1.29, 1.82) is 5.26 Å². The topological polar surface area (TPSA) is 245 Å². The van der Waals surface area contributed by atoms with Crippen LogP contribution in [0.4, 0.5) is 15.0 Å². The van der Waals surface area contributed by atoms with Crippen LogP contribution in [0, 0.1) is 17.1 Å². The summed E-state index contributed by atoms with van der Waals surface area (Å²) in [5, 5.41) is 19.0. The predicted octanol–water partition coefficient (Wildman–Crippen LogP) is 7.81. The molecule has 1 fully saturated rings. The molecule has 3 N–H and O–H groups in total. The first-order valence-electron chi connectivity index (χ1n) is 26.6. The molecule has 82 heavy (non-hydrogen) atoms. The number of fused-ring (bicyclic) bond motifs is 5. The Morgan fingerprint density at radius 2 is 1.62 bits per heavy atom. The summed E-state index contributed by atoms with van der Waals surface area (Å²) in [6.45, 7) is 6.94. The number of amides is 5. The van der Waals surface area contributed by atoms with Crippen molar-refractivity contribution in [2.45, 2.75) is 64.6 Å². The number of anilines is 1. The zero-order chi connectivity index (χ0) is 58.2. The van der Waals surface area contributed by atoms with Gasteiger partial charge in [0.2, 0.25) is 11.8 Å². The molecule has 9 rings (SSSR count). The van der Waals surface area contributed by atoms with Crippen LogP contribution in [0.15, 0.2) is 96.1 Å². The third-order valence-electron chi connectivity index (χ3n) is 13.9. The fourth-order valence-electron chi connectivity index (χ4n) is 9.89. The van der Waals surface area contributed by atoms with Crippen LogP contribution in [-0.4, -0.2) is 148 Å². The van der Waals surface area contributed by atoms with E-state index in [1.165, 1.54) is 38.9 Å². The number of nitriles is 1. The van der Waals surface area contributed by atoms with Crippen LogP contribution in [-0.2, 0) is 32.2 Å². The highest BCUT2D eigenvalue weighted by Crippen LogP contribution is 2.46. The second kappa shape index (κ2) is 26.0. The minimum absolute atomic E-state index is 0.0404. The number of aliphatic imine (C=N–C) groups is 1. The van der Waals surface area contributed by atoms with E-state index in [4.69, 9.17) is 57.6 Å². The number of carbonyl (C=O) groups excluding carboxylic acids is 4. The van der Waals surface area contributed by atoms with Gasteiger partial charge in [-0.2, -0.15) is 10.4 Å². The minimum Gasteiger partial charge on any atom is -0.497 e. The molecule has 5 heterocycles. The van der Waals surface area contributed by atoms with Gasteiger partial charge in [-0.15, -0.1) is 0 Å². The molecule has 0 unspecified atom stereocenters. The molecule has 0 radical (unpaired) electrons. The summed E-state index contributed by atoms with van der Waals surface area (Å²) in [6.07, 6.45) is 0.358. The third-order valence-corrected chi connectivity index (χ3v) is 14.4. The summed E-state index contributed by atoms with van der Waals surface area (Å²) in [6, 6.07) is 24.4. The van der Waals surface area contributed by atoms with Crippen molar-refractivity contribution in [3.63, 3.8) is 0 Å². The fourth-order valence-corrected chi connectivity index (χ4v) is 10.1. The predicted molar refractivity (Wildman–Crippen MR) is 302 cm³/mol. The number of nitrogens with one attached hydrogen (secondary N) is 1. The van der Waals surface area contributed by atoms with Crippen LogP contribution in [0.2, 0.25) is 10.0 Å². The zero-order valence-electron chi connectivity index (χ0n) is 45.8. The van der Waals surface area contributed by atoms with E-state index in [9.17, 15) is 24.0 Å². The first kappa shape index (κ1) is 58.3. The maximum Gasteiger partial charge on any atom is 0.326 e. The van der Waals surface area contributed by atoms with E-state index in [1.807, 2.05) is 44.2 Å². The van der Waals surface area contributed by atoms with Gasteiger partial charge in [0.15, 0.2) is 5.82 Å². The summed E-state index contributed by atoms with van der Waals surface area (Å²) in [7, 11) is 3.13. The summed E-state index contributed by atoms with van der Waals surface area (Å²) in [4.78, 5) is 75.8. The maximum absolute atomic E-state index is 15.1. The van der Waals surface area contributed by atoms with Crippen molar-refractivity contribution in [2.24, 2.45) is 4.99 Å². The van der Waals surface area contributed by atoms with Crippen LogP contribution in [0.5, 0.6) is 17.4 Å². The molecule has 0 aliphatic carbocycles. The van der Waals surface area contributed by atoms with Gasteiger partial charge in [0.1, 0.15) is 53.6 Å². The van der Waals surface area contributed by atoms with E-state index in [2.05, 4.69) is 26.5 Å². The second-order valence-electron chi connectivity index (χ2n) is 19.9. The van der Waals surface area contributed by atoms with E-state index in [-0.39, 0.29) is 131 Å². The van der Waals surface area contributed by atoms with Crippen LogP contribution < -0.4 is 25.3 Å². The van der Waals surface area contributed by atoms with E-state index in [0.717, 1.165) is 11.1 Å². The molecule has 1 saturated heterocycles. The van der Waals surface area contributed by atoms with E-state index in [0.29, 0.717) is 44.2 Å². The Morgan fingerprint density at radius 1 is 0.915 bits per heavy atom. The van der Waals surface area contributed by atoms with Crippen molar-refractivity contribution in [3.05, 3.63) is 146 Å². The number of amidine groups is 1. The van der Waals surface area contributed by atoms with Crippen LogP contribution in [0.3, 0.4) is 0 Å². The molecule has 3 atom stereocenters. The Bertz CT molecular complexity index is 3410. The number of hydrogen-bond donors (Lipinski definition) is 2. The zero-order valence-corrected chi connectivity index (χ0v) is 47.3. The molecule has 0 spiro atoms. The minimum atomic E-state index is -0.845. The number of halogens is 3. The molecular weight excluding hydrogens is 1100 g/mol. The number of nitrogen functional groups attached to an aromatic ring is 1. The summed E-state index contributed by atoms with van der Waals surface area (Å²) in [5.74, 6) is -0.241. The van der Waals surface area contributed by atoms with Gasteiger partial charge in [-0.1, -0.05) is 47.5 Å². The fraction of sp³-hybridized carbons (Fsp3) is 0.362. The van der Waals surface area contributed by atoms with Crippen LogP contribution in [0.1, 0.15) is 89.4 Å². The smallest absolute Gasteiger partial charge is 0.326 e. The van der Waals surface area contributed by atoms with Gasteiger partial charge in [0, 0.05) is 66.9 Å². The molecule has 2 bridgehead atoms. The average Bonchev–Trinajstić information content (AvgIpc) is 4.10. The molecule has 4 aromatic carbocycles.